The van der Waals surface area contributed by atoms with E-state index in [9.17, 15) is 18.0 Å². The van der Waals surface area contributed by atoms with Gasteiger partial charge in [-0.3, -0.25) is 14.3 Å². The van der Waals surface area contributed by atoms with E-state index < -0.39 is 22.0 Å². The molecule has 0 fully saturated rings. The molecule has 0 saturated heterocycles. The lowest BCUT2D eigenvalue weighted by Crippen LogP contribution is -2.37. The van der Waals surface area contributed by atoms with Crippen molar-refractivity contribution >= 4 is 27.8 Å². The molecule has 0 saturated carbocycles. The average molecular weight is 481 g/mol. The Hall–Kier alpha value is -3.49. The second-order valence-electron chi connectivity index (χ2n) is 8.08. The van der Waals surface area contributed by atoms with Gasteiger partial charge in [0.1, 0.15) is 6.10 Å². The number of ketones is 1. The number of hydrogen-bond acceptors (Lipinski definition) is 5. The molecule has 0 radical (unpaired) electrons. The second kappa shape index (κ2) is 11.1. The highest BCUT2D eigenvalue weighted by atomic mass is 32.2. The van der Waals surface area contributed by atoms with Crippen LogP contribution in [0.15, 0.2) is 72.9 Å². The quantitative estimate of drug-likeness (QED) is 0.446. The molecule has 2 aromatic carbocycles. The molecule has 178 valence electrons. The number of amides is 1. The van der Waals surface area contributed by atoms with Gasteiger partial charge in [0.15, 0.2) is 0 Å². The molecule has 1 atom stereocenters. The number of carbonyl (C=O) groups is 2. The molecule has 3 rings (SSSR count). The van der Waals surface area contributed by atoms with E-state index in [1.807, 2.05) is 95.2 Å². The van der Waals surface area contributed by atoms with Gasteiger partial charge in [0.25, 0.3) is 5.91 Å². The fourth-order valence-corrected chi connectivity index (χ4v) is 3.75. The second-order valence-corrected chi connectivity index (χ2v) is 9.83. The third-order valence-electron chi connectivity index (χ3n) is 5.12. The lowest BCUT2D eigenvalue weighted by Gasteiger charge is -2.12. The fourth-order valence-electron chi connectivity index (χ4n) is 3.22. The molecule has 3 aromatic rings. The van der Waals surface area contributed by atoms with Crippen molar-refractivity contribution in [3.8, 4) is 0 Å². The summed E-state index contributed by atoms with van der Waals surface area (Å²) in [5.74, 6) is -0.713. The summed E-state index contributed by atoms with van der Waals surface area (Å²) in [7, 11) is -3.61. The van der Waals surface area contributed by atoms with Gasteiger partial charge in [-0.1, -0.05) is 66.2 Å². The van der Waals surface area contributed by atoms with Crippen molar-refractivity contribution in [3.05, 3.63) is 101 Å². The van der Waals surface area contributed by atoms with Gasteiger partial charge >= 0.3 is 0 Å². The predicted molar refractivity (Wildman–Crippen MR) is 132 cm³/mol. The molecular weight excluding hydrogens is 452 g/mol. The largest absolute Gasteiger partial charge is 0.364 e. The molecule has 34 heavy (non-hydrogen) atoms. The first-order chi connectivity index (χ1) is 16.1. The summed E-state index contributed by atoms with van der Waals surface area (Å²) < 4.78 is 31.5. The minimum Gasteiger partial charge on any atom is -0.364 e. The molecule has 0 spiro atoms. The number of nitrogens with zero attached hydrogens (tertiary/aromatic N) is 1. The highest BCUT2D eigenvalue weighted by molar-refractivity contribution is 7.89. The number of sulfonamides is 1. The molecule has 0 unspecified atom stereocenters. The van der Waals surface area contributed by atoms with Crippen LogP contribution in [0.2, 0.25) is 0 Å². The fraction of sp³-hybridized carbons (Fsp3) is 0.231. The maximum Gasteiger partial charge on any atom is 0.262 e. The summed E-state index contributed by atoms with van der Waals surface area (Å²) in [6, 6.07) is 18.8. The number of benzene rings is 2. The highest BCUT2D eigenvalue weighted by Gasteiger charge is 2.17. The van der Waals surface area contributed by atoms with Crippen LogP contribution in [-0.4, -0.2) is 37.0 Å². The van der Waals surface area contributed by atoms with Gasteiger partial charge in [-0.05, 0) is 37.1 Å². The number of allylic oxidation sites excluding steroid dienone is 1. The van der Waals surface area contributed by atoms with E-state index in [2.05, 4.69) is 0 Å². The van der Waals surface area contributed by atoms with Crippen LogP contribution in [0.5, 0.6) is 0 Å². The number of nitrogens with one attached hydrogen (secondary N) is 1. The van der Waals surface area contributed by atoms with E-state index in [4.69, 9.17) is 4.74 Å². The van der Waals surface area contributed by atoms with Crippen LogP contribution in [0.25, 0.3) is 6.08 Å². The first-order valence-corrected chi connectivity index (χ1v) is 12.7. The molecule has 7 nitrogen and oxygen atoms in total. The van der Waals surface area contributed by atoms with Crippen molar-refractivity contribution in [1.82, 2.24) is 9.29 Å². The number of aryl methyl sites for hydroxylation is 1. The molecular formula is C26H28N2O5S. The van der Waals surface area contributed by atoms with Gasteiger partial charge in [0, 0.05) is 18.3 Å². The number of aromatic nitrogens is 1. The molecule has 0 aliphatic heterocycles. The minimum absolute atomic E-state index is 0.0119. The van der Waals surface area contributed by atoms with Gasteiger partial charge in [0.05, 0.1) is 18.6 Å². The summed E-state index contributed by atoms with van der Waals surface area (Å²) in [6.07, 6.45) is 5.85. The first kappa shape index (κ1) is 25.1. The zero-order valence-corrected chi connectivity index (χ0v) is 20.2. The van der Waals surface area contributed by atoms with Gasteiger partial charge in [0.2, 0.25) is 15.8 Å². The Morgan fingerprint density at radius 2 is 1.74 bits per heavy atom. The molecule has 1 aromatic heterocycles. The molecule has 8 heteroatoms. The lowest BCUT2D eigenvalue weighted by atomic mass is 10.1. The third kappa shape index (κ3) is 7.26. The van der Waals surface area contributed by atoms with Crippen LogP contribution in [0, 0.1) is 6.92 Å². The molecule has 0 aliphatic rings. The van der Waals surface area contributed by atoms with Gasteiger partial charge < -0.3 is 9.30 Å². The zero-order chi connectivity index (χ0) is 24.7. The maximum atomic E-state index is 12.8. The smallest absolute Gasteiger partial charge is 0.262 e. The lowest BCUT2D eigenvalue weighted by molar-refractivity contribution is -0.130. The van der Waals surface area contributed by atoms with E-state index in [0.717, 1.165) is 22.9 Å². The first-order valence-electron chi connectivity index (χ1n) is 10.8. The van der Waals surface area contributed by atoms with Crippen molar-refractivity contribution in [2.24, 2.45) is 0 Å². The van der Waals surface area contributed by atoms with E-state index >= 15 is 0 Å². The van der Waals surface area contributed by atoms with Crippen molar-refractivity contribution in [2.45, 2.75) is 33.1 Å². The Labute approximate surface area is 200 Å². The Morgan fingerprint density at radius 3 is 2.38 bits per heavy atom. The predicted octanol–water partition coefficient (Wildman–Crippen LogP) is 3.72. The molecule has 0 aliphatic carbocycles. The summed E-state index contributed by atoms with van der Waals surface area (Å²) in [5.41, 5.74) is 4.24. The van der Waals surface area contributed by atoms with Crippen LogP contribution < -0.4 is 4.72 Å². The van der Waals surface area contributed by atoms with E-state index in [1.54, 1.807) is 0 Å². The normalized spacial score (nSPS) is 12.6. The van der Waals surface area contributed by atoms with Crippen LogP contribution in [0.4, 0.5) is 0 Å². The van der Waals surface area contributed by atoms with Crippen LogP contribution in [0.1, 0.15) is 39.7 Å². The third-order valence-corrected chi connectivity index (χ3v) is 5.70. The number of hydrogen-bond donors (Lipinski definition) is 1. The van der Waals surface area contributed by atoms with Crippen molar-refractivity contribution in [2.75, 3.05) is 6.26 Å². The minimum atomic E-state index is -3.61. The number of ether oxygens (including phenoxy) is 1. The molecule has 1 heterocycles. The van der Waals surface area contributed by atoms with Crippen molar-refractivity contribution in [1.29, 1.82) is 0 Å². The zero-order valence-electron chi connectivity index (χ0n) is 19.4. The summed E-state index contributed by atoms with van der Waals surface area (Å²) in [4.78, 5) is 24.6. The topological polar surface area (TPSA) is 94.5 Å². The molecule has 1 amide bonds. The van der Waals surface area contributed by atoms with Gasteiger partial charge in [-0.25, -0.2) is 8.42 Å². The standard InChI is InChI=1S/C26H28N2O5S/c1-19-8-14-23(15-9-19)25(29)24-7-5-17-28(24)16-4-6-21-10-12-22(13-11-21)18-33-20(2)26(30)27-34(3,31)32/h4-15,17,20H,16,18H2,1-3H3,(H,27,30)/t20-/m0/s1. The van der Waals surface area contributed by atoms with Crippen LogP contribution >= 0.6 is 0 Å². The van der Waals surface area contributed by atoms with E-state index in [1.165, 1.54) is 6.92 Å². The van der Waals surface area contributed by atoms with Crippen molar-refractivity contribution in [3.63, 3.8) is 0 Å². The Balaban J connectivity index is 1.55. The summed E-state index contributed by atoms with van der Waals surface area (Å²) >= 11 is 0. The highest BCUT2D eigenvalue weighted by Crippen LogP contribution is 2.13. The Morgan fingerprint density at radius 1 is 1.06 bits per heavy atom. The van der Waals surface area contributed by atoms with E-state index in [0.29, 0.717) is 17.8 Å². The average Bonchev–Trinajstić information content (AvgIpc) is 3.25. The number of carbonyl (C=O) groups excluding carboxylic acids is 2. The van der Waals surface area contributed by atoms with Gasteiger partial charge in [-0.15, -0.1) is 0 Å². The van der Waals surface area contributed by atoms with Crippen LogP contribution in [-0.2, 0) is 32.7 Å². The maximum absolute atomic E-state index is 12.8. The Kier molecular flexibility index (Phi) is 8.20. The summed E-state index contributed by atoms with van der Waals surface area (Å²) in [5, 5.41) is 0. The number of rotatable bonds is 10. The SMILES string of the molecule is Cc1ccc(C(=O)c2cccn2CC=Cc2ccc(CO[C@@H](C)C(=O)NS(C)(=O)=O)cc2)cc1. The van der Waals surface area contributed by atoms with E-state index in [-0.39, 0.29) is 12.4 Å². The molecule has 0 bridgehead atoms. The Bertz CT molecular complexity index is 1270. The monoisotopic (exact) mass is 480 g/mol. The summed E-state index contributed by atoms with van der Waals surface area (Å²) in [6.45, 7) is 4.22. The van der Waals surface area contributed by atoms with Crippen LogP contribution in [0.3, 0.4) is 0 Å². The molecule has 1 N–H and O–H groups in total. The van der Waals surface area contributed by atoms with Gasteiger partial charge in [-0.2, -0.15) is 0 Å². The van der Waals surface area contributed by atoms with Crippen molar-refractivity contribution < 1.29 is 22.7 Å².